The van der Waals surface area contributed by atoms with Gasteiger partial charge in [-0.2, -0.15) is 5.26 Å². The highest BCUT2D eigenvalue weighted by molar-refractivity contribution is 6.06. The number of hydrogen-bond donors (Lipinski definition) is 2. The van der Waals surface area contributed by atoms with Gasteiger partial charge in [-0.3, -0.25) is 14.5 Å². The predicted octanol–water partition coefficient (Wildman–Crippen LogP) is 4.95. The Bertz CT molecular complexity index is 1830. The Hall–Kier alpha value is -4.52. The maximum Gasteiger partial charge on any atom is 0.254 e. The van der Waals surface area contributed by atoms with Crippen LogP contribution in [0.2, 0.25) is 0 Å². The third-order valence-corrected chi connectivity index (χ3v) is 8.57. The number of rotatable bonds is 6. The lowest BCUT2D eigenvalue weighted by atomic mass is 9.95. The molecule has 2 aliphatic rings. The molecule has 4 aromatic rings. The number of pyridine rings is 1. The van der Waals surface area contributed by atoms with Crippen molar-refractivity contribution in [3.05, 3.63) is 76.8 Å². The maximum absolute atomic E-state index is 13.7. The molecule has 5 heterocycles. The summed E-state index contributed by atoms with van der Waals surface area (Å²) < 4.78 is 7.78. The lowest BCUT2D eigenvalue weighted by Crippen LogP contribution is -2.39. The van der Waals surface area contributed by atoms with Crippen molar-refractivity contribution in [2.75, 3.05) is 32.8 Å². The first-order valence-electron chi connectivity index (χ1n) is 14.3. The van der Waals surface area contributed by atoms with Crippen molar-refractivity contribution in [1.29, 1.82) is 5.26 Å². The average Bonchev–Trinajstić information content (AvgIpc) is 3.63. The van der Waals surface area contributed by atoms with E-state index in [-0.39, 0.29) is 24.4 Å². The van der Waals surface area contributed by atoms with Crippen molar-refractivity contribution < 1.29 is 14.3 Å². The van der Waals surface area contributed by atoms with E-state index in [0.717, 1.165) is 57.5 Å². The van der Waals surface area contributed by atoms with Crippen LogP contribution in [0.4, 0.5) is 0 Å². The number of morpholine rings is 1. The molecule has 2 amide bonds. The Kier molecular flexibility index (Phi) is 7.27. The van der Waals surface area contributed by atoms with Crippen LogP contribution in [0.1, 0.15) is 54.0 Å². The van der Waals surface area contributed by atoms with E-state index in [9.17, 15) is 14.9 Å². The molecular formula is C33H34N6O3. The number of hydrogen-bond acceptors (Lipinski definition) is 5. The molecule has 2 unspecified atom stereocenters. The van der Waals surface area contributed by atoms with Gasteiger partial charge in [0.15, 0.2) is 0 Å². The number of aliphatic imine (C=N–C) groups is 1. The second-order valence-corrected chi connectivity index (χ2v) is 11.2. The Balaban J connectivity index is 1.42. The molecule has 0 bridgehead atoms. The van der Waals surface area contributed by atoms with Crippen molar-refractivity contribution in [3.8, 4) is 17.2 Å². The summed E-state index contributed by atoms with van der Waals surface area (Å²) in [4.78, 5) is 35.9. The van der Waals surface area contributed by atoms with Crippen LogP contribution < -0.4 is 5.32 Å². The maximum atomic E-state index is 13.7. The van der Waals surface area contributed by atoms with Crippen LogP contribution in [-0.4, -0.2) is 64.7 Å². The van der Waals surface area contributed by atoms with Crippen molar-refractivity contribution >= 4 is 33.9 Å². The molecule has 2 N–H and O–H groups in total. The van der Waals surface area contributed by atoms with E-state index in [0.29, 0.717) is 30.1 Å². The molecular weight excluding hydrogens is 528 g/mol. The first-order valence-corrected chi connectivity index (χ1v) is 14.3. The number of nitrogens with zero attached hydrogens (tertiary/aromatic N) is 4. The standard InChI is InChI=1S/C33H34N6O3/c1-19-11-20(2)37-33(41)29(19)17-36-32(40)28-15-27-14-26(24-12-23-5-6-35-30(23)25(13-24)16-34)18-39(27)31(21(28)3)22(4)38-7-9-42-10-8-38/h5-6,11-15,18,22,29,35H,7-10,17H2,1-4H3,(H,36,40). The molecule has 214 valence electrons. The number of carbonyl (C=O) groups excluding carboxylic acids is 2. The van der Waals surface area contributed by atoms with Crippen molar-refractivity contribution in [1.82, 2.24) is 19.6 Å². The van der Waals surface area contributed by atoms with E-state index in [1.54, 1.807) is 6.92 Å². The van der Waals surface area contributed by atoms with Crippen LogP contribution in [0.3, 0.4) is 0 Å². The van der Waals surface area contributed by atoms with Crippen LogP contribution in [0, 0.1) is 24.2 Å². The summed E-state index contributed by atoms with van der Waals surface area (Å²) in [6, 6.07) is 12.3. The quantitative estimate of drug-likeness (QED) is 0.345. The lowest BCUT2D eigenvalue weighted by molar-refractivity contribution is -0.120. The first kappa shape index (κ1) is 27.6. The summed E-state index contributed by atoms with van der Waals surface area (Å²) in [7, 11) is 0. The van der Waals surface area contributed by atoms with Crippen LogP contribution in [0.15, 0.2) is 59.4 Å². The molecule has 0 spiro atoms. The van der Waals surface area contributed by atoms with Crippen LogP contribution in [-0.2, 0) is 9.53 Å². The summed E-state index contributed by atoms with van der Waals surface area (Å²) in [5.41, 5.74) is 8.26. The largest absolute Gasteiger partial charge is 0.379 e. The number of fused-ring (bicyclic) bond motifs is 2. The summed E-state index contributed by atoms with van der Waals surface area (Å²) in [6.45, 7) is 11.0. The minimum Gasteiger partial charge on any atom is -0.379 e. The predicted molar refractivity (Wildman–Crippen MR) is 163 cm³/mol. The monoisotopic (exact) mass is 562 g/mol. The van der Waals surface area contributed by atoms with E-state index >= 15 is 0 Å². The molecule has 2 atom stereocenters. The van der Waals surface area contributed by atoms with Gasteiger partial charge in [-0.05, 0) is 75.2 Å². The fourth-order valence-electron chi connectivity index (χ4n) is 6.29. The molecule has 1 saturated heterocycles. The van der Waals surface area contributed by atoms with Crippen molar-refractivity contribution in [2.45, 2.75) is 33.7 Å². The number of allylic oxidation sites excluding steroid dienone is 1. The number of nitriles is 1. The van der Waals surface area contributed by atoms with Gasteiger partial charge in [0, 0.05) is 71.5 Å². The van der Waals surface area contributed by atoms with Gasteiger partial charge in [-0.1, -0.05) is 5.57 Å². The highest BCUT2D eigenvalue weighted by atomic mass is 16.5. The SMILES string of the molecule is CC1=CC(C)=NC(=O)C1CNC(=O)c1cc2cc(-c3cc(C#N)c4[nH]ccc4c3)cn2c(C(C)N2CCOCC2)c1C. The van der Waals surface area contributed by atoms with Crippen molar-refractivity contribution in [2.24, 2.45) is 10.9 Å². The summed E-state index contributed by atoms with van der Waals surface area (Å²) in [5, 5.41) is 13.8. The van der Waals surface area contributed by atoms with Gasteiger partial charge < -0.3 is 19.4 Å². The summed E-state index contributed by atoms with van der Waals surface area (Å²) in [5.74, 6) is -0.916. The first-order chi connectivity index (χ1) is 20.2. The number of aromatic nitrogens is 2. The van der Waals surface area contributed by atoms with E-state index in [4.69, 9.17) is 4.74 Å². The molecule has 0 aliphatic carbocycles. The zero-order valence-corrected chi connectivity index (χ0v) is 24.3. The third-order valence-electron chi connectivity index (χ3n) is 8.57. The molecule has 9 heteroatoms. The van der Waals surface area contributed by atoms with Gasteiger partial charge >= 0.3 is 0 Å². The fourth-order valence-corrected chi connectivity index (χ4v) is 6.29. The lowest BCUT2D eigenvalue weighted by Gasteiger charge is -2.34. The summed E-state index contributed by atoms with van der Waals surface area (Å²) in [6.07, 6.45) is 5.83. The number of benzene rings is 1. The molecule has 9 nitrogen and oxygen atoms in total. The molecule has 2 aliphatic heterocycles. The zero-order valence-electron chi connectivity index (χ0n) is 24.3. The molecule has 0 saturated carbocycles. The number of H-pyrrole nitrogens is 1. The molecule has 1 aromatic carbocycles. The minimum absolute atomic E-state index is 0.0219. The highest BCUT2D eigenvalue weighted by Gasteiger charge is 2.28. The van der Waals surface area contributed by atoms with Crippen molar-refractivity contribution in [3.63, 3.8) is 0 Å². The molecule has 1 fully saturated rings. The minimum atomic E-state index is -0.467. The smallest absolute Gasteiger partial charge is 0.254 e. The normalized spacial score (nSPS) is 18.5. The van der Waals surface area contributed by atoms with Gasteiger partial charge in [0.25, 0.3) is 11.8 Å². The molecule has 3 aromatic heterocycles. The number of dihydropyridines is 1. The molecule has 42 heavy (non-hydrogen) atoms. The second-order valence-electron chi connectivity index (χ2n) is 11.2. The van der Waals surface area contributed by atoms with Crippen LogP contribution in [0.5, 0.6) is 0 Å². The number of aromatic amines is 1. The number of carbonyl (C=O) groups is 2. The highest BCUT2D eigenvalue weighted by Crippen LogP contribution is 2.34. The van der Waals surface area contributed by atoms with E-state index in [1.165, 1.54) is 0 Å². The Morgan fingerprint density at radius 3 is 2.71 bits per heavy atom. The van der Waals surface area contributed by atoms with Gasteiger partial charge in [0.1, 0.15) is 6.07 Å². The van der Waals surface area contributed by atoms with Gasteiger partial charge in [0.2, 0.25) is 0 Å². The fraction of sp³-hybridized carbons (Fsp3) is 0.333. The van der Waals surface area contributed by atoms with Gasteiger partial charge in [-0.15, -0.1) is 0 Å². The van der Waals surface area contributed by atoms with E-state index in [2.05, 4.69) is 55.9 Å². The Labute approximate surface area is 244 Å². The zero-order chi connectivity index (χ0) is 29.5. The van der Waals surface area contributed by atoms with E-state index < -0.39 is 5.92 Å². The third kappa shape index (κ3) is 4.93. The summed E-state index contributed by atoms with van der Waals surface area (Å²) >= 11 is 0. The van der Waals surface area contributed by atoms with Crippen LogP contribution in [0.25, 0.3) is 27.5 Å². The second kappa shape index (κ2) is 11.0. The van der Waals surface area contributed by atoms with Crippen LogP contribution >= 0.6 is 0 Å². The molecule has 6 rings (SSSR count). The topological polar surface area (TPSA) is 115 Å². The van der Waals surface area contributed by atoms with E-state index in [1.807, 2.05) is 44.3 Å². The number of nitrogens with one attached hydrogen (secondary N) is 2. The average molecular weight is 563 g/mol. The van der Waals surface area contributed by atoms with Gasteiger partial charge in [0.05, 0.1) is 30.2 Å². The number of ether oxygens (including phenoxy) is 1. The Morgan fingerprint density at radius 1 is 1.19 bits per heavy atom. The number of amides is 2. The molecule has 0 radical (unpaired) electrons. The Morgan fingerprint density at radius 2 is 1.98 bits per heavy atom. The van der Waals surface area contributed by atoms with Gasteiger partial charge in [-0.25, -0.2) is 4.99 Å².